The molecule has 2 fully saturated rings. The Kier molecular flexibility index (Phi) is 1.67. The fraction of sp³-hybridized carbons (Fsp3) is 0.900. The van der Waals surface area contributed by atoms with Gasteiger partial charge in [0, 0.05) is 24.9 Å². The zero-order valence-electron chi connectivity index (χ0n) is 7.97. The van der Waals surface area contributed by atoms with Crippen molar-refractivity contribution in [2.24, 2.45) is 11.3 Å². The molecule has 0 radical (unpaired) electrons. The number of amides is 1. The molecular weight excluding hydrogens is 150 g/mol. The van der Waals surface area contributed by atoms with Crippen molar-refractivity contribution in [2.45, 2.75) is 33.1 Å². The molecule has 1 amide bonds. The molecule has 0 atom stereocenters. The summed E-state index contributed by atoms with van der Waals surface area (Å²) < 4.78 is 0. The molecule has 1 aliphatic heterocycles. The van der Waals surface area contributed by atoms with Crippen LogP contribution in [0.1, 0.15) is 33.1 Å². The van der Waals surface area contributed by atoms with Crippen LogP contribution in [0.2, 0.25) is 0 Å². The maximum atomic E-state index is 11.2. The second-order valence-electron chi connectivity index (χ2n) is 4.62. The average Bonchev–Trinajstić information content (AvgIpc) is 1.92. The third-order valence-corrected chi connectivity index (χ3v) is 3.27. The van der Waals surface area contributed by atoms with Crippen molar-refractivity contribution in [3.63, 3.8) is 0 Å². The SMILES string of the molecule is CCC(=O)N1CC2(CC(C)C2)C1. The Morgan fingerprint density at radius 1 is 1.50 bits per heavy atom. The van der Waals surface area contributed by atoms with Crippen molar-refractivity contribution in [1.29, 1.82) is 0 Å². The van der Waals surface area contributed by atoms with E-state index in [2.05, 4.69) is 6.92 Å². The first kappa shape index (κ1) is 8.09. The van der Waals surface area contributed by atoms with E-state index >= 15 is 0 Å². The van der Waals surface area contributed by atoms with Crippen LogP contribution >= 0.6 is 0 Å². The molecule has 1 aliphatic carbocycles. The minimum Gasteiger partial charge on any atom is -0.341 e. The molecular formula is C10H17NO. The minimum absolute atomic E-state index is 0.333. The maximum Gasteiger partial charge on any atom is 0.222 e. The van der Waals surface area contributed by atoms with E-state index in [4.69, 9.17) is 0 Å². The highest BCUT2D eigenvalue weighted by atomic mass is 16.2. The van der Waals surface area contributed by atoms with Gasteiger partial charge in [0.2, 0.25) is 5.91 Å². The second-order valence-corrected chi connectivity index (χ2v) is 4.62. The molecule has 2 nitrogen and oxygen atoms in total. The van der Waals surface area contributed by atoms with Crippen LogP contribution in [0.4, 0.5) is 0 Å². The van der Waals surface area contributed by atoms with E-state index < -0.39 is 0 Å². The molecule has 0 aromatic rings. The van der Waals surface area contributed by atoms with Crippen molar-refractivity contribution in [2.75, 3.05) is 13.1 Å². The normalized spacial score (nSPS) is 26.7. The van der Waals surface area contributed by atoms with Gasteiger partial charge in [-0.05, 0) is 18.8 Å². The van der Waals surface area contributed by atoms with E-state index in [-0.39, 0.29) is 0 Å². The standard InChI is InChI=1S/C10H17NO/c1-3-9(12)11-6-10(7-11)4-8(2)5-10/h8H,3-7H2,1-2H3. The van der Waals surface area contributed by atoms with E-state index in [1.54, 1.807) is 0 Å². The van der Waals surface area contributed by atoms with Crippen LogP contribution in [0.3, 0.4) is 0 Å². The first-order chi connectivity index (χ1) is 5.65. The van der Waals surface area contributed by atoms with Gasteiger partial charge in [-0.2, -0.15) is 0 Å². The predicted octanol–water partition coefficient (Wildman–Crippen LogP) is 1.65. The number of hydrogen-bond acceptors (Lipinski definition) is 1. The van der Waals surface area contributed by atoms with Gasteiger partial charge in [-0.15, -0.1) is 0 Å². The van der Waals surface area contributed by atoms with Gasteiger partial charge in [-0.3, -0.25) is 4.79 Å². The molecule has 2 aliphatic rings. The number of nitrogens with zero attached hydrogens (tertiary/aromatic N) is 1. The smallest absolute Gasteiger partial charge is 0.222 e. The number of carbonyl (C=O) groups excluding carboxylic acids is 1. The number of hydrogen-bond donors (Lipinski definition) is 0. The Balaban J connectivity index is 1.81. The van der Waals surface area contributed by atoms with Crippen LogP contribution in [0.5, 0.6) is 0 Å². The van der Waals surface area contributed by atoms with Crippen molar-refractivity contribution in [1.82, 2.24) is 4.90 Å². The quantitative estimate of drug-likeness (QED) is 0.581. The Morgan fingerprint density at radius 2 is 2.08 bits per heavy atom. The summed E-state index contributed by atoms with van der Waals surface area (Å²) in [6, 6.07) is 0. The predicted molar refractivity (Wildman–Crippen MR) is 47.7 cm³/mol. The van der Waals surface area contributed by atoms with Gasteiger partial charge < -0.3 is 4.90 Å². The molecule has 0 bridgehead atoms. The molecule has 1 saturated heterocycles. The average molecular weight is 167 g/mol. The first-order valence-corrected chi connectivity index (χ1v) is 4.93. The van der Waals surface area contributed by atoms with Crippen LogP contribution in [0, 0.1) is 11.3 Å². The summed E-state index contributed by atoms with van der Waals surface area (Å²) in [7, 11) is 0. The Labute approximate surface area is 73.9 Å². The van der Waals surface area contributed by atoms with E-state index in [0.29, 0.717) is 17.7 Å². The summed E-state index contributed by atoms with van der Waals surface area (Å²) in [5.41, 5.74) is 0.574. The van der Waals surface area contributed by atoms with Crippen molar-refractivity contribution in [3.8, 4) is 0 Å². The van der Waals surface area contributed by atoms with E-state index in [0.717, 1.165) is 19.0 Å². The van der Waals surface area contributed by atoms with Gasteiger partial charge in [-0.25, -0.2) is 0 Å². The monoisotopic (exact) mass is 167 g/mol. The highest BCUT2D eigenvalue weighted by Crippen LogP contribution is 2.51. The Bertz CT molecular complexity index is 198. The van der Waals surface area contributed by atoms with Crippen LogP contribution in [-0.4, -0.2) is 23.9 Å². The Hall–Kier alpha value is -0.530. The van der Waals surface area contributed by atoms with Gasteiger partial charge >= 0.3 is 0 Å². The topological polar surface area (TPSA) is 20.3 Å². The van der Waals surface area contributed by atoms with E-state index in [1.165, 1.54) is 12.8 Å². The largest absolute Gasteiger partial charge is 0.341 e. The summed E-state index contributed by atoms with van der Waals surface area (Å²) in [4.78, 5) is 13.2. The Morgan fingerprint density at radius 3 is 2.50 bits per heavy atom. The highest BCUT2D eigenvalue weighted by Gasteiger charge is 2.51. The molecule has 1 spiro atoms. The van der Waals surface area contributed by atoms with Crippen molar-refractivity contribution in [3.05, 3.63) is 0 Å². The molecule has 0 aromatic heterocycles. The van der Waals surface area contributed by atoms with Crippen LogP contribution in [0.25, 0.3) is 0 Å². The molecule has 0 N–H and O–H groups in total. The van der Waals surface area contributed by atoms with E-state index in [9.17, 15) is 4.79 Å². The van der Waals surface area contributed by atoms with Gasteiger partial charge in [0.25, 0.3) is 0 Å². The second kappa shape index (κ2) is 2.48. The van der Waals surface area contributed by atoms with E-state index in [1.807, 2.05) is 11.8 Å². The number of rotatable bonds is 1. The lowest BCUT2D eigenvalue weighted by molar-refractivity contribution is -0.153. The van der Waals surface area contributed by atoms with Crippen LogP contribution in [0.15, 0.2) is 0 Å². The number of likely N-dealkylation sites (tertiary alicyclic amines) is 1. The molecule has 12 heavy (non-hydrogen) atoms. The fourth-order valence-corrected chi connectivity index (χ4v) is 2.84. The summed E-state index contributed by atoms with van der Waals surface area (Å²) in [6.45, 7) is 6.33. The highest BCUT2D eigenvalue weighted by molar-refractivity contribution is 5.76. The third kappa shape index (κ3) is 1.05. The molecule has 68 valence electrons. The summed E-state index contributed by atoms with van der Waals surface area (Å²) in [6.07, 6.45) is 3.37. The molecule has 1 heterocycles. The lowest BCUT2D eigenvalue weighted by Crippen LogP contribution is -2.63. The third-order valence-electron chi connectivity index (χ3n) is 3.27. The van der Waals surface area contributed by atoms with Gasteiger partial charge in [0.15, 0.2) is 0 Å². The molecule has 1 saturated carbocycles. The molecule has 0 unspecified atom stereocenters. The van der Waals surface area contributed by atoms with Crippen molar-refractivity contribution >= 4 is 5.91 Å². The first-order valence-electron chi connectivity index (χ1n) is 4.93. The zero-order chi connectivity index (χ0) is 8.77. The minimum atomic E-state index is 0.333. The summed E-state index contributed by atoms with van der Waals surface area (Å²) >= 11 is 0. The van der Waals surface area contributed by atoms with Crippen molar-refractivity contribution < 1.29 is 4.79 Å². The summed E-state index contributed by atoms with van der Waals surface area (Å²) in [5.74, 6) is 1.24. The molecule has 2 rings (SSSR count). The zero-order valence-corrected chi connectivity index (χ0v) is 7.97. The molecule has 2 heteroatoms. The lowest BCUT2D eigenvalue weighted by Gasteiger charge is -2.58. The van der Waals surface area contributed by atoms with Gasteiger partial charge in [-0.1, -0.05) is 13.8 Å². The fourth-order valence-electron chi connectivity index (χ4n) is 2.84. The van der Waals surface area contributed by atoms with Gasteiger partial charge in [0.05, 0.1) is 0 Å². The summed E-state index contributed by atoms with van der Waals surface area (Å²) in [5, 5.41) is 0. The lowest BCUT2D eigenvalue weighted by atomic mass is 9.58. The molecule has 0 aromatic carbocycles. The van der Waals surface area contributed by atoms with Crippen LogP contribution in [-0.2, 0) is 4.79 Å². The maximum absolute atomic E-state index is 11.2. The number of carbonyl (C=O) groups is 1. The van der Waals surface area contributed by atoms with Gasteiger partial charge in [0.1, 0.15) is 0 Å². The van der Waals surface area contributed by atoms with Crippen LogP contribution < -0.4 is 0 Å².